The Morgan fingerprint density at radius 2 is 2.17 bits per heavy atom. The van der Waals surface area contributed by atoms with Gasteiger partial charge in [0, 0.05) is 17.0 Å². The van der Waals surface area contributed by atoms with Crippen LogP contribution < -0.4 is 0 Å². The van der Waals surface area contributed by atoms with Crippen molar-refractivity contribution in [1.82, 2.24) is 4.57 Å². The maximum absolute atomic E-state index is 12.2. The molecule has 0 saturated carbocycles. The van der Waals surface area contributed by atoms with E-state index in [-0.39, 0.29) is 6.09 Å². The monoisotopic (exact) mass is 251 g/mol. The summed E-state index contributed by atoms with van der Waals surface area (Å²) in [6, 6.07) is 1.89. The molecular weight excluding hydrogens is 230 g/mol. The van der Waals surface area contributed by atoms with Crippen LogP contribution in [0.15, 0.2) is 6.07 Å². The zero-order valence-electron chi connectivity index (χ0n) is 11.5. The minimum Gasteiger partial charge on any atom is -0.443 e. The normalized spacial score (nSPS) is 19.5. The van der Waals surface area contributed by atoms with E-state index in [9.17, 15) is 9.90 Å². The Balaban J connectivity index is 2.37. The number of aliphatic hydroxyl groups is 1. The van der Waals surface area contributed by atoms with Gasteiger partial charge in [-0.25, -0.2) is 4.79 Å². The van der Waals surface area contributed by atoms with E-state index in [2.05, 4.69) is 0 Å². The number of nitrogens with zero attached hydrogens (tertiary/aromatic N) is 1. The molecule has 0 bridgehead atoms. The van der Waals surface area contributed by atoms with Crippen LogP contribution in [0.4, 0.5) is 4.79 Å². The van der Waals surface area contributed by atoms with E-state index in [1.54, 1.807) is 4.57 Å². The summed E-state index contributed by atoms with van der Waals surface area (Å²) in [5.41, 5.74) is 2.11. The van der Waals surface area contributed by atoms with Gasteiger partial charge in [0.05, 0.1) is 6.10 Å². The lowest BCUT2D eigenvalue weighted by atomic mass is 9.95. The molecule has 0 spiro atoms. The van der Waals surface area contributed by atoms with Crippen molar-refractivity contribution in [3.63, 3.8) is 0 Å². The maximum Gasteiger partial charge on any atom is 0.418 e. The lowest BCUT2D eigenvalue weighted by Gasteiger charge is -2.23. The topological polar surface area (TPSA) is 51.5 Å². The van der Waals surface area contributed by atoms with Gasteiger partial charge < -0.3 is 9.84 Å². The highest BCUT2D eigenvalue weighted by molar-refractivity contribution is 5.74. The smallest absolute Gasteiger partial charge is 0.418 e. The van der Waals surface area contributed by atoms with Crippen molar-refractivity contribution in [2.24, 2.45) is 0 Å². The Morgan fingerprint density at radius 1 is 1.50 bits per heavy atom. The van der Waals surface area contributed by atoms with Gasteiger partial charge >= 0.3 is 6.09 Å². The van der Waals surface area contributed by atoms with Crippen LogP contribution >= 0.6 is 0 Å². The maximum atomic E-state index is 12.2. The molecule has 0 aromatic carbocycles. The van der Waals surface area contributed by atoms with Gasteiger partial charge in [-0.15, -0.1) is 0 Å². The minimum absolute atomic E-state index is 0.352. The lowest BCUT2D eigenvalue weighted by Crippen LogP contribution is -2.29. The number of fused-ring (bicyclic) bond motifs is 1. The molecule has 1 aliphatic carbocycles. The molecule has 2 rings (SSSR count). The summed E-state index contributed by atoms with van der Waals surface area (Å²) < 4.78 is 7.01. The van der Waals surface area contributed by atoms with Gasteiger partial charge in [-0.05, 0) is 53.0 Å². The molecule has 0 radical (unpaired) electrons. The summed E-state index contributed by atoms with van der Waals surface area (Å²) in [6.07, 6.45) is 1.69. The third kappa shape index (κ3) is 2.43. The first-order valence-corrected chi connectivity index (χ1v) is 6.42. The Bertz CT molecular complexity index is 468. The molecule has 18 heavy (non-hydrogen) atoms. The zero-order chi connectivity index (χ0) is 13.5. The average Bonchev–Trinajstić information content (AvgIpc) is 2.53. The highest BCUT2D eigenvalue weighted by Crippen LogP contribution is 2.32. The molecule has 1 aromatic heterocycles. The Kier molecular flexibility index (Phi) is 3.23. The molecule has 1 aliphatic rings. The number of aryl methyl sites for hydroxylation is 1. The molecule has 0 saturated heterocycles. The van der Waals surface area contributed by atoms with Crippen molar-refractivity contribution in [1.29, 1.82) is 0 Å². The number of hydrogen-bond acceptors (Lipinski definition) is 3. The van der Waals surface area contributed by atoms with Crippen LogP contribution in [0, 0.1) is 6.92 Å². The van der Waals surface area contributed by atoms with Crippen molar-refractivity contribution >= 4 is 6.09 Å². The first-order chi connectivity index (χ1) is 8.29. The fraction of sp³-hybridized carbons (Fsp3) is 0.643. The van der Waals surface area contributed by atoms with Crippen molar-refractivity contribution in [3.05, 3.63) is 23.0 Å². The van der Waals surface area contributed by atoms with E-state index in [4.69, 9.17) is 4.74 Å². The molecule has 1 unspecified atom stereocenters. The number of rotatable bonds is 0. The number of carbonyl (C=O) groups is 1. The number of hydrogen-bond donors (Lipinski definition) is 1. The first-order valence-electron chi connectivity index (χ1n) is 6.42. The van der Waals surface area contributed by atoms with Crippen molar-refractivity contribution < 1.29 is 14.6 Å². The molecule has 100 valence electrons. The summed E-state index contributed by atoms with van der Waals surface area (Å²) in [4.78, 5) is 12.2. The molecule has 1 heterocycles. The van der Waals surface area contributed by atoms with E-state index in [0.717, 1.165) is 36.2 Å². The standard InChI is InChI=1S/C14H21NO3/c1-9-8-10-11(6-5-7-12(10)16)15(9)13(17)18-14(2,3)4/h8,12,16H,5-7H2,1-4H3. The zero-order valence-corrected chi connectivity index (χ0v) is 11.5. The first kappa shape index (κ1) is 13.1. The summed E-state index contributed by atoms with van der Waals surface area (Å²) in [5, 5.41) is 9.95. The van der Waals surface area contributed by atoms with E-state index < -0.39 is 11.7 Å². The van der Waals surface area contributed by atoms with E-state index >= 15 is 0 Å². The van der Waals surface area contributed by atoms with Crippen LogP contribution in [0.25, 0.3) is 0 Å². The quantitative estimate of drug-likeness (QED) is 0.771. The Morgan fingerprint density at radius 3 is 2.78 bits per heavy atom. The molecule has 0 fully saturated rings. The van der Waals surface area contributed by atoms with Gasteiger partial charge in [0.25, 0.3) is 0 Å². The second-order valence-corrected chi connectivity index (χ2v) is 5.91. The van der Waals surface area contributed by atoms with E-state index in [1.807, 2.05) is 33.8 Å². The largest absolute Gasteiger partial charge is 0.443 e. The number of aromatic nitrogens is 1. The molecule has 1 atom stereocenters. The molecule has 1 N–H and O–H groups in total. The molecule has 0 aliphatic heterocycles. The van der Waals surface area contributed by atoms with E-state index in [0.29, 0.717) is 0 Å². The number of aliphatic hydroxyl groups excluding tert-OH is 1. The second-order valence-electron chi connectivity index (χ2n) is 5.91. The van der Waals surface area contributed by atoms with Gasteiger partial charge in [-0.2, -0.15) is 0 Å². The molecule has 1 aromatic rings. The summed E-state index contributed by atoms with van der Waals surface area (Å²) in [6.45, 7) is 7.43. The van der Waals surface area contributed by atoms with Gasteiger partial charge in [-0.1, -0.05) is 0 Å². The fourth-order valence-corrected chi connectivity index (χ4v) is 2.44. The third-order valence-corrected chi connectivity index (χ3v) is 3.15. The summed E-state index contributed by atoms with van der Waals surface area (Å²) in [7, 11) is 0. The third-order valence-electron chi connectivity index (χ3n) is 3.15. The minimum atomic E-state index is -0.506. The lowest BCUT2D eigenvalue weighted by molar-refractivity contribution is 0.0527. The number of carbonyl (C=O) groups excluding carboxylic acids is 1. The molecule has 0 amide bonds. The van der Waals surface area contributed by atoms with Crippen molar-refractivity contribution in [2.75, 3.05) is 0 Å². The fourth-order valence-electron chi connectivity index (χ4n) is 2.44. The van der Waals surface area contributed by atoms with Gasteiger partial charge in [0.1, 0.15) is 5.60 Å². The van der Waals surface area contributed by atoms with Gasteiger partial charge in [0.2, 0.25) is 0 Å². The molecular formula is C14H21NO3. The van der Waals surface area contributed by atoms with Crippen molar-refractivity contribution in [3.8, 4) is 0 Å². The Hall–Kier alpha value is -1.29. The Labute approximate surface area is 108 Å². The van der Waals surface area contributed by atoms with Crippen LogP contribution in [0.5, 0.6) is 0 Å². The van der Waals surface area contributed by atoms with Gasteiger partial charge in [-0.3, -0.25) is 4.57 Å². The van der Waals surface area contributed by atoms with Crippen molar-refractivity contribution in [2.45, 2.75) is 58.7 Å². The van der Waals surface area contributed by atoms with Crippen LogP contribution in [-0.2, 0) is 11.2 Å². The van der Waals surface area contributed by atoms with E-state index in [1.165, 1.54) is 0 Å². The van der Waals surface area contributed by atoms with Crippen LogP contribution in [-0.4, -0.2) is 21.4 Å². The SMILES string of the molecule is Cc1cc2c(n1C(=O)OC(C)(C)C)CCCC2O. The number of ether oxygens (including phenoxy) is 1. The second kappa shape index (κ2) is 4.43. The highest BCUT2D eigenvalue weighted by Gasteiger charge is 2.28. The predicted octanol–water partition coefficient (Wildman–Crippen LogP) is 2.95. The summed E-state index contributed by atoms with van der Waals surface area (Å²) >= 11 is 0. The summed E-state index contributed by atoms with van der Waals surface area (Å²) in [5.74, 6) is 0. The average molecular weight is 251 g/mol. The molecule has 4 nitrogen and oxygen atoms in total. The van der Waals surface area contributed by atoms with Crippen LogP contribution in [0.2, 0.25) is 0 Å². The molecule has 4 heteroatoms. The van der Waals surface area contributed by atoms with Gasteiger partial charge in [0.15, 0.2) is 0 Å². The van der Waals surface area contributed by atoms with Crippen LogP contribution in [0.3, 0.4) is 0 Å². The predicted molar refractivity (Wildman–Crippen MR) is 68.7 cm³/mol. The highest BCUT2D eigenvalue weighted by atomic mass is 16.6. The van der Waals surface area contributed by atoms with Crippen LogP contribution in [0.1, 0.15) is 56.7 Å².